The second-order valence-corrected chi connectivity index (χ2v) is 5.65. The molecule has 116 valence electrons. The lowest BCUT2D eigenvalue weighted by Gasteiger charge is -2.28. The third-order valence-corrected chi connectivity index (χ3v) is 4.07. The number of rotatable bonds is 8. The highest BCUT2D eigenvalue weighted by Gasteiger charge is 2.23. The zero-order chi connectivity index (χ0) is 14.9. The van der Waals surface area contributed by atoms with Gasteiger partial charge in [-0.2, -0.15) is 0 Å². The van der Waals surface area contributed by atoms with Gasteiger partial charge in [0.2, 0.25) is 5.91 Å². The lowest BCUT2D eigenvalue weighted by atomic mass is 10.1. The summed E-state index contributed by atoms with van der Waals surface area (Å²) in [4.78, 5) is 14.3. The van der Waals surface area contributed by atoms with Crippen LogP contribution >= 0.6 is 0 Å². The number of nitrogens with zero attached hydrogens (tertiary/aromatic N) is 1. The third kappa shape index (κ3) is 5.14. The molecule has 1 aromatic carbocycles. The Hall–Kier alpha value is -1.39. The summed E-state index contributed by atoms with van der Waals surface area (Å²) in [6.07, 6.45) is 4.44. The first-order chi connectivity index (χ1) is 10.3. The molecule has 21 heavy (non-hydrogen) atoms. The van der Waals surface area contributed by atoms with E-state index >= 15 is 0 Å². The number of nitrogens with one attached hydrogen (secondary N) is 1. The number of carbonyl (C=O) groups is 1. The number of aliphatic hydroxyl groups excluding tert-OH is 1. The average molecular weight is 290 g/mol. The van der Waals surface area contributed by atoms with Crippen molar-refractivity contribution in [2.24, 2.45) is 0 Å². The highest BCUT2D eigenvalue weighted by atomic mass is 16.3. The summed E-state index contributed by atoms with van der Waals surface area (Å²) in [5.74, 6) is 0.0866. The molecule has 0 aromatic heterocycles. The second-order valence-electron chi connectivity index (χ2n) is 5.65. The first-order valence-electron chi connectivity index (χ1n) is 7.98. The van der Waals surface area contributed by atoms with Crippen molar-refractivity contribution in [1.29, 1.82) is 0 Å². The molecule has 1 heterocycles. The van der Waals surface area contributed by atoms with Crippen molar-refractivity contribution >= 4 is 5.91 Å². The van der Waals surface area contributed by atoms with Crippen LogP contribution in [0.2, 0.25) is 0 Å². The third-order valence-electron chi connectivity index (χ3n) is 4.07. The van der Waals surface area contributed by atoms with Gasteiger partial charge in [-0.3, -0.25) is 9.69 Å². The second kappa shape index (κ2) is 8.80. The monoisotopic (exact) mass is 290 g/mol. The molecule has 2 rings (SSSR count). The van der Waals surface area contributed by atoms with Gasteiger partial charge >= 0.3 is 0 Å². The highest BCUT2D eigenvalue weighted by molar-refractivity contribution is 5.75. The van der Waals surface area contributed by atoms with E-state index in [1.165, 1.54) is 18.4 Å². The molecule has 0 spiro atoms. The summed E-state index contributed by atoms with van der Waals surface area (Å²) in [7, 11) is 0. The van der Waals surface area contributed by atoms with Crippen LogP contribution in [0.25, 0.3) is 0 Å². The highest BCUT2D eigenvalue weighted by Crippen LogP contribution is 2.24. The number of amides is 1. The molecule has 1 aliphatic rings. The van der Waals surface area contributed by atoms with Crippen LogP contribution in [0, 0.1) is 0 Å². The molecule has 0 aliphatic carbocycles. The van der Waals surface area contributed by atoms with Gasteiger partial charge in [-0.25, -0.2) is 0 Å². The fourth-order valence-electron chi connectivity index (χ4n) is 2.88. The van der Waals surface area contributed by atoms with Crippen LogP contribution in [-0.2, 0) is 4.79 Å². The SMILES string of the molecule is O=C(CCCCO)NCC(c1ccccc1)N1CCCC1. The van der Waals surface area contributed by atoms with Gasteiger partial charge in [0.15, 0.2) is 0 Å². The fraction of sp³-hybridized carbons (Fsp3) is 0.588. The van der Waals surface area contributed by atoms with Crippen molar-refractivity contribution in [3.05, 3.63) is 35.9 Å². The van der Waals surface area contributed by atoms with Gasteiger partial charge < -0.3 is 10.4 Å². The maximum atomic E-state index is 11.9. The predicted octanol–water partition coefficient (Wildman–Crippen LogP) is 2.10. The zero-order valence-corrected chi connectivity index (χ0v) is 12.6. The Bertz CT molecular complexity index is 416. The van der Waals surface area contributed by atoms with Crippen LogP contribution in [0.3, 0.4) is 0 Å². The van der Waals surface area contributed by atoms with E-state index in [1.807, 2.05) is 6.07 Å². The van der Waals surface area contributed by atoms with Gasteiger partial charge in [0.05, 0.1) is 6.04 Å². The van der Waals surface area contributed by atoms with E-state index < -0.39 is 0 Å². The van der Waals surface area contributed by atoms with Gasteiger partial charge in [-0.1, -0.05) is 30.3 Å². The molecule has 4 nitrogen and oxygen atoms in total. The van der Waals surface area contributed by atoms with Gasteiger partial charge in [-0.05, 0) is 44.3 Å². The molecular weight excluding hydrogens is 264 g/mol. The number of aliphatic hydroxyl groups is 1. The number of benzene rings is 1. The van der Waals surface area contributed by atoms with Crippen LogP contribution in [-0.4, -0.2) is 42.2 Å². The van der Waals surface area contributed by atoms with Crippen LogP contribution in [0.1, 0.15) is 43.7 Å². The van der Waals surface area contributed by atoms with Crippen molar-refractivity contribution in [1.82, 2.24) is 10.2 Å². The van der Waals surface area contributed by atoms with E-state index in [0.29, 0.717) is 19.4 Å². The molecule has 1 amide bonds. The number of hydrogen-bond acceptors (Lipinski definition) is 3. The zero-order valence-electron chi connectivity index (χ0n) is 12.6. The quantitative estimate of drug-likeness (QED) is 0.721. The maximum Gasteiger partial charge on any atom is 0.220 e. The summed E-state index contributed by atoms with van der Waals surface area (Å²) in [6.45, 7) is 3.05. The molecular formula is C17H26N2O2. The standard InChI is InChI=1S/C17H26N2O2/c20-13-7-4-10-17(21)18-14-16(19-11-5-6-12-19)15-8-2-1-3-9-15/h1-3,8-9,16,20H,4-7,10-14H2,(H,18,21). The Balaban J connectivity index is 1.89. The Morgan fingerprint density at radius 3 is 2.57 bits per heavy atom. The molecule has 4 heteroatoms. The average Bonchev–Trinajstić information content (AvgIpc) is 3.03. The minimum Gasteiger partial charge on any atom is -0.396 e. The van der Waals surface area contributed by atoms with Crippen molar-refractivity contribution in [2.75, 3.05) is 26.2 Å². The molecule has 1 aromatic rings. The number of hydrogen-bond donors (Lipinski definition) is 2. The Labute approximate surface area is 127 Å². The fourth-order valence-corrected chi connectivity index (χ4v) is 2.88. The van der Waals surface area contributed by atoms with E-state index in [1.54, 1.807) is 0 Å². The lowest BCUT2D eigenvalue weighted by Crippen LogP contribution is -2.36. The van der Waals surface area contributed by atoms with Crippen LogP contribution in [0.4, 0.5) is 0 Å². The minimum atomic E-state index is 0.0866. The predicted molar refractivity (Wildman–Crippen MR) is 83.9 cm³/mol. The van der Waals surface area contributed by atoms with Crippen molar-refractivity contribution in [3.8, 4) is 0 Å². The van der Waals surface area contributed by atoms with E-state index in [2.05, 4.69) is 34.5 Å². The van der Waals surface area contributed by atoms with Gasteiger partial charge in [0.1, 0.15) is 0 Å². The first kappa shape index (κ1) is 16.0. The van der Waals surface area contributed by atoms with E-state index in [-0.39, 0.29) is 18.6 Å². The van der Waals surface area contributed by atoms with E-state index in [9.17, 15) is 4.79 Å². The number of likely N-dealkylation sites (tertiary alicyclic amines) is 1. The Morgan fingerprint density at radius 1 is 1.19 bits per heavy atom. The van der Waals surface area contributed by atoms with Crippen LogP contribution < -0.4 is 5.32 Å². The largest absolute Gasteiger partial charge is 0.396 e. The topological polar surface area (TPSA) is 52.6 Å². The van der Waals surface area contributed by atoms with Gasteiger partial charge in [-0.15, -0.1) is 0 Å². The lowest BCUT2D eigenvalue weighted by molar-refractivity contribution is -0.121. The maximum absolute atomic E-state index is 11.9. The number of unbranched alkanes of at least 4 members (excludes halogenated alkanes) is 1. The first-order valence-corrected chi connectivity index (χ1v) is 7.98. The molecule has 0 bridgehead atoms. The molecule has 0 radical (unpaired) electrons. The molecule has 1 aliphatic heterocycles. The summed E-state index contributed by atoms with van der Waals surface area (Å²) in [5.41, 5.74) is 1.27. The van der Waals surface area contributed by atoms with E-state index in [0.717, 1.165) is 19.5 Å². The summed E-state index contributed by atoms with van der Waals surface area (Å²) in [5, 5.41) is 11.8. The molecule has 1 unspecified atom stereocenters. The smallest absolute Gasteiger partial charge is 0.220 e. The molecule has 0 saturated carbocycles. The number of carbonyl (C=O) groups excluding carboxylic acids is 1. The normalized spacial score (nSPS) is 16.8. The minimum absolute atomic E-state index is 0.0866. The van der Waals surface area contributed by atoms with E-state index in [4.69, 9.17) is 5.11 Å². The molecule has 1 atom stereocenters. The van der Waals surface area contributed by atoms with Gasteiger partial charge in [0.25, 0.3) is 0 Å². The van der Waals surface area contributed by atoms with Crippen molar-refractivity contribution < 1.29 is 9.90 Å². The molecule has 2 N–H and O–H groups in total. The Kier molecular flexibility index (Phi) is 6.70. The van der Waals surface area contributed by atoms with Crippen molar-refractivity contribution in [3.63, 3.8) is 0 Å². The van der Waals surface area contributed by atoms with Crippen LogP contribution in [0.5, 0.6) is 0 Å². The van der Waals surface area contributed by atoms with Gasteiger partial charge in [0, 0.05) is 19.6 Å². The molecule has 1 saturated heterocycles. The Morgan fingerprint density at radius 2 is 1.90 bits per heavy atom. The molecule has 1 fully saturated rings. The summed E-state index contributed by atoms with van der Waals surface area (Å²) < 4.78 is 0. The summed E-state index contributed by atoms with van der Waals surface area (Å²) in [6, 6.07) is 10.7. The van der Waals surface area contributed by atoms with Crippen LogP contribution in [0.15, 0.2) is 30.3 Å². The summed E-state index contributed by atoms with van der Waals surface area (Å²) >= 11 is 0. The van der Waals surface area contributed by atoms with Crippen molar-refractivity contribution in [2.45, 2.75) is 38.1 Å².